The number of hydrogen-bond acceptors (Lipinski definition) is 5. The fourth-order valence-electron chi connectivity index (χ4n) is 3.70. The number of nitrogens with one attached hydrogen (secondary N) is 2. The van der Waals surface area contributed by atoms with Crippen molar-refractivity contribution in [3.05, 3.63) is 29.6 Å². The zero-order chi connectivity index (χ0) is 21.2. The molecule has 1 unspecified atom stereocenters. The molecule has 0 aromatic heterocycles. The summed E-state index contributed by atoms with van der Waals surface area (Å²) in [4.78, 5) is 6.57. The van der Waals surface area contributed by atoms with Gasteiger partial charge < -0.3 is 30.1 Å². The molecular formula is C22H36FIN4O3. The van der Waals surface area contributed by atoms with Crippen molar-refractivity contribution in [2.24, 2.45) is 4.99 Å². The van der Waals surface area contributed by atoms with Crippen LogP contribution in [0.5, 0.6) is 0 Å². The highest BCUT2D eigenvalue weighted by atomic mass is 127. The number of guanidine groups is 1. The topological polar surface area (TPSA) is 78.4 Å². The standard InChI is InChI=1S/C22H35FN4O3.HI/c1-2-24-22(25-9-3-12-30-19-8-13-29-16-19)26-15-17-4-5-21(20(23)14-17)27-10-6-18(28)7-11-27;/h4-5,14,18-19,28H,2-3,6-13,15-16H2,1H3,(H2,24,25,26);1H. The van der Waals surface area contributed by atoms with Crippen LogP contribution in [0, 0.1) is 5.82 Å². The minimum absolute atomic E-state index is 0. The summed E-state index contributed by atoms with van der Waals surface area (Å²) in [5, 5.41) is 16.2. The van der Waals surface area contributed by atoms with Crippen LogP contribution in [0.3, 0.4) is 0 Å². The molecule has 0 radical (unpaired) electrons. The van der Waals surface area contributed by atoms with Crippen molar-refractivity contribution in [2.45, 2.75) is 51.4 Å². The van der Waals surface area contributed by atoms with Crippen LogP contribution in [0.1, 0.15) is 38.2 Å². The van der Waals surface area contributed by atoms with Crippen molar-refractivity contribution in [1.82, 2.24) is 10.6 Å². The van der Waals surface area contributed by atoms with Crippen LogP contribution in [0.15, 0.2) is 23.2 Å². The number of halogens is 2. The smallest absolute Gasteiger partial charge is 0.191 e. The molecule has 2 fully saturated rings. The second-order valence-corrected chi connectivity index (χ2v) is 7.84. The molecule has 0 aliphatic carbocycles. The summed E-state index contributed by atoms with van der Waals surface area (Å²) in [7, 11) is 0. The van der Waals surface area contributed by atoms with E-state index in [-0.39, 0.29) is 42.0 Å². The Morgan fingerprint density at radius 3 is 2.77 bits per heavy atom. The van der Waals surface area contributed by atoms with Crippen LogP contribution in [-0.2, 0) is 16.0 Å². The van der Waals surface area contributed by atoms with Crippen LogP contribution in [-0.4, -0.2) is 69.3 Å². The van der Waals surface area contributed by atoms with Gasteiger partial charge in [-0.15, -0.1) is 24.0 Å². The lowest BCUT2D eigenvalue weighted by Crippen LogP contribution is -2.38. The zero-order valence-corrected chi connectivity index (χ0v) is 20.6. The van der Waals surface area contributed by atoms with E-state index in [1.165, 1.54) is 0 Å². The third kappa shape index (κ3) is 8.70. The van der Waals surface area contributed by atoms with E-state index in [9.17, 15) is 9.50 Å². The predicted octanol–water partition coefficient (Wildman–Crippen LogP) is 2.66. The molecule has 0 spiro atoms. The molecule has 176 valence electrons. The number of aliphatic imine (C=N–C) groups is 1. The van der Waals surface area contributed by atoms with Crippen LogP contribution in [0.2, 0.25) is 0 Å². The molecule has 1 atom stereocenters. The number of anilines is 1. The van der Waals surface area contributed by atoms with Gasteiger partial charge in [0.05, 0.1) is 31.0 Å². The van der Waals surface area contributed by atoms with E-state index in [4.69, 9.17) is 9.47 Å². The lowest BCUT2D eigenvalue weighted by molar-refractivity contribution is 0.0420. The third-order valence-corrected chi connectivity index (χ3v) is 5.44. The number of benzene rings is 1. The maximum Gasteiger partial charge on any atom is 0.191 e. The largest absolute Gasteiger partial charge is 0.393 e. The Labute approximate surface area is 201 Å². The van der Waals surface area contributed by atoms with Crippen LogP contribution in [0.25, 0.3) is 0 Å². The Kier molecular flexibility index (Phi) is 11.8. The number of rotatable bonds is 9. The Bertz CT molecular complexity index is 681. The van der Waals surface area contributed by atoms with Gasteiger partial charge in [0.2, 0.25) is 0 Å². The second-order valence-electron chi connectivity index (χ2n) is 7.84. The molecule has 0 saturated carbocycles. The normalized spacial score (nSPS) is 19.9. The van der Waals surface area contributed by atoms with Crippen LogP contribution >= 0.6 is 24.0 Å². The lowest BCUT2D eigenvalue weighted by Gasteiger charge is -2.31. The van der Waals surface area contributed by atoms with Gasteiger partial charge in [-0.25, -0.2) is 9.38 Å². The van der Waals surface area contributed by atoms with Gasteiger partial charge >= 0.3 is 0 Å². The van der Waals surface area contributed by atoms with E-state index < -0.39 is 0 Å². The van der Waals surface area contributed by atoms with Crippen molar-refractivity contribution in [2.75, 3.05) is 50.9 Å². The molecule has 0 amide bonds. The number of aliphatic hydroxyl groups is 1. The molecule has 7 nitrogen and oxygen atoms in total. The highest BCUT2D eigenvalue weighted by Gasteiger charge is 2.19. The average Bonchev–Trinajstić information content (AvgIpc) is 3.26. The van der Waals surface area contributed by atoms with E-state index >= 15 is 0 Å². The first kappa shape index (κ1) is 26.1. The van der Waals surface area contributed by atoms with Gasteiger partial charge in [-0.2, -0.15) is 0 Å². The predicted molar refractivity (Wildman–Crippen MR) is 132 cm³/mol. The summed E-state index contributed by atoms with van der Waals surface area (Å²) in [6, 6.07) is 5.31. The third-order valence-electron chi connectivity index (χ3n) is 5.44. The van der Waals surface area contributed by atoms with Crippen LogP contribution in [0.4, 0.5) is 10.1 Å². The fraction of sp³-hybridized carbons (Fsp3) is 0.682. The van der Waals surface area contributed by atoms with Gasteiger partial charge in [0.15, 0.2) is 5.96 Å². The quantitative estimate of drug-likeness (QED) is 0.190. The highest BCUT2D eigenvalue weighted by Crippen LogP contribution is 2.24. The minimum Gasteiger partial charge on any atom is -0.393 e. The van der Waals surface area contributed by atoms with E-state index in [0.29, 0.717) is 51.4 Å². The molecule has 3 N–H and O–H groups in total. The van der Waals surface area contributed by atoms with Crippen molar-refractivity contribution in [1.29, 1.82) is 0 Å². The minimum atomic E-state index is -0.266. The number of piperidine rings is 1. The molecule has 3 rings (SSSR count). The van der Waals surface area contributed by atoms with Gasteiger partial charge in [-0.3, -0.25) is 0 Å². The Balaban J connectivity index is 0.00000341. The fourth-order valence-corrected chi connectivity index (χ4v) is 3.70. The Morgan fingerprint density at radius 2 is 2.10 bits per heavy atom. The summed E-state index contributed by atoms with van der Waals surface area (Å²) in [6.07, 6.45) is 3.20. The highest BCUT2D eigenvalue weighted by molar-refractivity contribution is 14.0. The van der Waals surface area contributed by atoms with Crippen LogP contribution < -0.4 is 15.5 Å². The molecule has 2 heterocycles. The molecule has 2 saturated heterocycles. The number of nitrogens with zero attached hydrogens (tertiary/aromatic N) is 2. The first-order chi connectivity index (χ1) is 14.7. The SMILES string of the molecule is CCNC(=NCc1ccc(N2CCC(O)CC2)c(F)c1)NCCCOC1CCOC1.I. The second kappa shape index (κ2) is 14.1. The Hall–Kier alpha value is -1.17. The molecule has 1 aromatic carbocycles. The summed E-state index contributed by atoms with van der Waals surface area (Å²) < 4.78 is 25.7. The summed E-state index contributed by atoms with van der Waals surface area (Å²) >= 11 is 0. The average molecular weight is 550 g/mol. The molecular weight excluding hydrogens is 514 g/mol. The van der Waals surface area contributed by atoms with E-state index in [2.05, 4.69) is 15.6 Å². The lowest BCUT2D eigenvalue weighted by atomic mass is 10.1. The summed E-state index contributed by atoms with van der Waals surface area (Å²) in [6.45, 7) is 7.49. The zero-order valence-electron chi connectivity index (χ0n) is 18.3. The van der Waals surface area contributed by atoms with Gasteiger partial charge in [-0.1, -0.05) is 6.07 Å². The molecule has 0 bridgehead atoms. The Morgan fingerprint density at radius 1 is 1.29 bits per heavy atom. The van der Waals surface area contributed by atoms with E-state index in [1.807, 2.05) is 24.0 Å². The summed E-state index contributed by atoms with van der Waals surface area (Å²) in [5.41, 5.74) is 1.43. The molecule has 31 heavy (non-hydrogen) atoms. The van der Waals surface area contributed by atoms with Gasteiger partial charge in [0.1, 0.15) is 5.82 Å². The van der Waals surface area contributed by atoms with Crippen molar-refractivity contribution in [3.63, 3.8) is 0 Å². The van der Waals surface area contributed by atoms with Gasteiger partial charge in [0, 0.05) is 39.4 Å². The number of ether oxygens (including phenoxy) is 2. The first-order valence-corrected chi connectivity index (χ1v) is 11.1. The molecule has 1 aromatic rings. The van der Waals surface area contributed by atoms with Crippen molar-refractivity contribution >= 4 is 35.6 Å². The number of hydrogen-bond donors (Lipinski definition) is 3. The first-order valence-electron chi connectivity index (χ1n) is 11.1. The van der Waals surface area contributed by atoms with Gasteiger partial charge in [0.25, 0.3) is 0 Å². The van der Waals surface area contributed by atoms with Gasteiger partial charge in [-0.05, 0) is 50.3 Å². The van der Waals surface area contributed by atoms with Crippen molar-refractivity contribution < 1.29 is 19.0 Å². The van der Waals surface area contributed by atoms with E-state index in [0.717, 1.165) is 44.1 Å². The van der Waals surface area contributed by atoms with Crippen molar-refractivity contribution in [3.8, 4) is 0 Å². The molecule has 2 aliphatic rings. The molecule has 9 heteroatoms. The van der Waals surface area contributed by atoms with E-state index in [1.54, 1.807) is 6.07 Å². The molecule has 2 aliphatic heterocycles. The maximum absolute atomic E-state index is 14.6. The number of aliphatic hydroxyl groups excluding tert-OH is 1. The summed E-state index contributed by atoms with van der Waals surface area (Å²) in [5.74, 6) is 0.487. The monoisotopic (exact) mass is 550 g/mol. The maximum atomic E-state index is 14.6.